The van der Waals surface area contributed by atoms with Crippen molar-refractivity contribution in [3.63, 3.8) is 0 Å². The van der Waals surface area contributed by atoms with Crippen LogP contribution in [0.2, 0.25) is 0 Å². The van der Waals surface area contributed by atoms with E-state index >= 15 is 0 Å². The number of carboxylic acids is 1. The zero-order valence-corrected chi connectivity index (χ0v) is 17.5. The maximum Gasteiger partial charge on any atom is 0.306 e. The molecule has 28 heavy (non-hydrogen) atoms. The fourth-order valence-electron chi connectivity index (χ4n) is 8.77. The van der Waals surface area contributed by atoms with Crippen LogP contribution in [0.25, 0.3) is 0 Å². The van der Waals surface area contributed by atoms with Gasteiger partial charge in [0.25, 0.3) is 0 Å². The Morgan fingerprint density at radius 1 is 1.04 bits per heavy atom. The highest BCUT2D eigenvalue weighted by atomic mass is 16.4. The van der Waals surface area contributed by atoms with E-state index in [-0.39, 0.29) is 29.3 Å². The van der Waals surface area contributed by atoms with Crippen LogP contribution in [0.5, 0.6) is 0 Å². The van der Waals surface area contributed by atoms with Crippen LogP contribution in [0.4, 0.5) is 0 Å². The first-order valence-corrected chi connectivity index (χ1v) is 11.6. The third-order valence-corrected chi connectivity index (χ3v) is 10.0. The van der Waals surface area contributed by atoms with Crippen LogP contribution >= 0.6 is 0 Å². The predicted octanol–water partition coefficient (Wildman–Crippen LogP) is 4.60. The molecule has 4 nitrogen and oxygen atoms in total. The van der Waals surface area contributed by atoms with Crippen molar-refractivity contribution in [2.75, 3.05) is 0 Å². The van der Waals surface area contributed by atoms with Crippen LogP contribution in [0, 0.1) is 46.3 Å². The van der Waals surface area contributed by atoms with Gasteiger partial charge < -0.3 is 10.2 Å². The van der Waals surface area contributed by atoms with Gasteiger partial charge >= 0.3 is 5.97 Å². The number of carbonyl (C=O) groups excluding carboxylic acids is 1. The Kier molecular flexibility index (Phi) is 5.39. The quantitative estimate of drug-likeness (QED) is 0.721. The lowest BCUT2D eigenvalue weighted by atomic mass is 9.44. The standard InChI is InChI=1S/C24H37O4/c1-23-11-4-3-7-20(23)21(26)14-16-18-9-8-17(15(22(27)28)6-5-13-25)24(18,2)12-10-19(16)23/h15-21,26H,3-12,14H2,1-2H3,(H,27,28)/t15-,16+,17-,18+,19+,20?,21?,23-,24-/m1/s1. The molecule has 0 amide bonds. The Hall–Kier alpha value is -0.900. The van der Waals surface area contributed by atoms with Gasteiger partial charge in [-0.2, -0.15) is 0 Å². The number of aliphatic hydroxyl groups excluding tert-OH is 1. The highest BCUT2D eigenvalue weighted by molar-refractivity contribution is 5.71. The first-order valence-electron chi connectivity index (χ1n) is 11.6. The molecule has 4 saturated carbocycles. The molecule has 1 radical (unpaired) electrons. The SMILES string of the molecule is C[C@]12CC[C@H]3[C@@H](CC(O)C4CCCC[C@@]43C)[C@@H]1CC[C@@H]2[C@@H](CC[C]=O)C(=O)O. The van der Waals surface area contributed by atoms with Crippen molar-refractivity contribution < 1.29 is 19.8 Å². The third-order valence-electron chi connectivity index (χ3n) is 10.0. The lowest BCUT2D eigenvalue weighted by Crippen LogP contribution is -2.57. The summed E-state index contributed by atoms with van der Waals surface area (Å²) in [6, 6.07) is 0. The molecule has 4 aliphatic carbocycles. The lowest BCUT2D eigenvalue weighted by molar-refractivity contribution is -0.164. The molecule has 0 aromatic heterocycles. The topological polar surface area (TPSA) is 74.6 Å². The lowest BCUT2D eigenvalue weighted by Gasteiger charge is -2.62. The molecule has 0 heterocycles. The zero-order valence-electron chi connectivity index (χ0n) is 17.5. The third kappa shape index (κ3) is 2.97. The van der Waals surface area contributed by atoms with E-state index < -0.39 is 11.9 Å². The largest absolute Gasteiger partial charge is 0.481 e. The average Bonchev–Trinajstić information content (AvgIpc) is 2.99. The second-order valence-electron chi connectivity index (χ2n) is 10.9. The summed E-state index contributed by atoms with van der Waals surface area (Å²) in [6.07, 6.45) is 12.6. The molecule has 0 saturated heterocycles. The molecule has 0 aromatic carbocycles. The molecule has 4 fully saturated rings. The summed E-state index contributed by atoms with van der Waals surface area (Å²) in [7, 11) is 0. The Bertz CT molecular complexity index is 618. The van der Waals surface area contributed by atoms with Gasteiger partial charge in [0, 0.05) is 6.42 Å². The molecule has 2 N–H and O–H groups in total. The molecular formula is C24H37O4. The van der Waals surface area contributed by atoms with Gasteiger partial charge in [0.1, 0.15) is 0 Å². The van der Waals surface area contributed by atoms with Gasteiger partial charge in [-0.15, -0.1) is 0 Å². The molecule has 0 bridgehead atoms. The second kappa shape index (κ2) is 7.41. The zero-order chi connectivity index (χ0) is 20.1. The van der Waals surface area contributed by atoms with Crippen molar-refractivity contribution in [1.82, 2.24) is 0 Å². The summed E-state index contributed by atoms with van der Waals surface area (Å²) in [6.45, 7) is 4.78. The number of aliphatic hydroxyl groups is 1. The maximum atomic E-state index is 12.0. The van der Waals surface area contributed by atoms with Crippen LogP contribution in [0.1, 0.15) is 84.5 Å². The van der Waals surface area contributed by atoms with Crippen LogP contribution in [-0.4, -0.2) is 28.6 Å². The maximum absolute atomic E-state index is 12.0. The number of hydrogen-bond acceptors (Lipinski definition) is 3. The summed E-state index contributed by atoms with van der Waals surface area (Å²) < 4.78 is 0. The number of hydrogen-bond donors (Lipinski definition) is 2. The highest BCUT2D eigenvalue weighted by Crippen LogP contribution is 2.68. The summed E-state index contributed by atoms with van der Waals surface area (Å²) >= 11 is 0. The average molecular weight is 390 g/mol. The van der Waals surface area contributed by atoms with Crippen molar-refractivity contribution in [3.05, 3.63) is 0 Å². The van der Waals surface area contributed by atoms with Gasteiger partial charge in [-0.25, -0.2) is 0 Å². The molecule has 4 heteroatoms. The van der Waals surface area contributed by atoms with E-state index in [1.165, 1.54) is 32.1 Å². The number of aliphatic carboxylic acids is 1. The molecular weight excluding hydrogens is 352 g/mol. The van der Waals surface area contributed by atoms with E-state index in [4.69, 9.17) is 0 Å². The van der Waals surface area contributed by atoms with Crippen LogP contribution in [0.3, 0.4) is 0 Å². The number of carboxylic acid groups (broad SMARTS) is 1. The van der Waals surface area contributed by atoms with Gasteiger partial charge in [0.15, 0.2) is 6.29 Å². The van der Waals surface area contributed by atoms with Gasteiger partial charge in [-0.3, -0.25) is 9.59 Å². The van der Waals surface area contributed by atoms with Crippen molar-refractivity contribution >= 4 is 12.3 Å². The Balaban J connectivity index is 1.60. The Morgan fingerprint density at radius 3 is 2.50 bits per heavy atom. The fraction of sp³-hybridized carbons (Fsp3) is 0.917. The Morgan fingerprint density at radius 2 is 1.79 bits per heavy atom. The van der Waals surface area contributed by atoms with Crippen molar-refractivity contribution in [2.24, 2.45) is 46.3 Å². The highest BCUT2D eigenvalue weighted by Gasteiger charge is 2.62. The molecule has 0 aliphatic heterocycles. The van der Waals surface area contributed by atoms with Crippen LogP contribution in [0.15, 0.2) is 0 Å². The summed E-state index contributed by atoms with van der Waals surface area (Å²) in [5.41, 5.74) is 0.295. The second-order valence-corrected chi connectivity index (χ2v) is 10.9. The van der Waals surface area contributed by atoms with E-state index in [2.05, 4.69) is 13.8 Å². The summed E-state index contributed by atoms with van der Waals surface area (Å²) in [5, 5.41) is 20.9. The molecule has 2 unspecified atom stereocenters. The molecule has 157 valence electrons. The minimum Gasteiger partial charge on any atom is -0.481 e. The van der Waals surface area contributed by atoms with Crippen molar-refractivity contribution in [2.45, 2.75) is 90.6 Å². The normalized spacial score (nSPS) is 48.8. The van der Waals surface area contributed by atoms with E-state index in [0.717, 1.165) is 25.7 Å². The van der Waals surface area contributed by atoms with E-state index in [0.29, 0.717) is 30.1 Å². The van der Waals surface area contributed by atoms with Gasteiger partial charge in [-0.1, -0.05) is 26.7 Å². The minimum absolute atomic E-state index is 0.0324. The van der Waals surface area contributed by atoms with Gasteiger partial charge in [0.05, 0.1) is 12.0 Å². The first kappa shape index (κ1) is 20.4. The molecule has 4 aliphatic rings. The van der Waals surface area contributed by atoms with E-state index in [1.807, 2.05) is 6.29 Å². The first-order chi connectivity index (χ1) is 13.3. The minimum atomic E-state index is -0.743. The van der Waals surface area contributed by atoms with Crippen molar-refractivity contribution in [1.29, 1.82) is 0 Å². The smallest absolute Gasteiger partial charge is 0.306 e. The van der Waals surface area contributed by atoms with Gasteiger partial charge in [-0.05, 0) is 91.8 Å². The summed E-state index contributed by atoms with van der Waals surface area (Å²) in [5.74, 6) is 1.17. The molecule has 9 atom stereocenters. The molecule has 0 aromatic rings. The Labute approximate surface area is 169 Å². The van der Waals surface area contributed by atoms with Crippen molar-refractivity contribution in [3.8, 4) is 0 Å². The van der Waals surface area contributed by atoms with Crippen LogP contribution in [-0.2, 0) is 9.59 Å². The summed E-state index contributed by atoms with van der Waals surface area (Å²) in [4.78, 5) is 22.8. The molecule has 0 spiro atoms. The van der Waals surface area contributed by atoms with E-state index in [9.17, 15) is 19.8 Å². The van der Waals surface area contributed by atoms with Crippen LogP contribution < -0.4 is 0 Å². The molecule has 4 rings (SSSR count). The number of rotatable bonds is 5. The monoisotopic (exact) mass is 389 g/mol. The number of fused-ring (bicyclic) bond motifs is 5. The fourth-order valence-corrected chi connectivity index (χ4v) is 8.77. The van der Waals surface area contributed by atoms with E-state index in [1.54, 1.807) is 0 Å². The number of carbonyl (C=O) groups is 1. The predicted molar refractivity (Wildman–Crippen MR) is 107 cm³/mol. The van der Waals surface area contributed by atoms with Gasteiger partial charge in [0.2, 0.25) is 0 Å².